The number of alkyl halides is 1. The van der Waals surface area contributed by atoms with E-state index in [0.29, 0.717) is 0 Å². The van der Waals surface area contributed by atoms with E-state index >= 15 is 0 Å². The maximum Gasteiger partial charge on any atom is 0.148 e. The Kier molecular flexibility index (Phi) is 4.24. The van der Waals surface area contributed by atoms with E-state index in [0.717, 1.165) is 31.7 Å². The Morgan fingerprint density at radius 2 is 1.76 bits per heavy atom. The van der Waals surface area contributed by atoms with Crippen LogP contribution in [-0.4, -0.2) is 10.2 Å². The minimum atomic E-state index is -0.281. The SMILES string of the molecule is Cc1c(Cl)cccc1-c1nnc(C(Cl)c2ccccc2)s1. The summed E-state index contributed by atoms with van der Waals surface area (Å²) in [6, 6.07) is 15.7. The van der Waals surface area contributed by atoms with Gasteiger partial charge in [0.05, 0.1) is 0 Å². The molecule has 0 aliphatic rings. The molecule has 0 saturated carbocycles. The molecule has 0 N–H and O–H groups in total. The van der Waals surface area contributed by atoms with E-state index in [-0.39, 0.29) is 5.38 Å². The zero-order valence-electron chi connectivity index (χ0n) is 11.3. The lowest BCUT2D eigenvalue weighted by Crippen LogP contribution is -1.91. The number of aromatic nitrogens is 2. The highest BCUT2D eigenvalue weighted by Crippen LogP contribution is 2.36. The Labute approximate surface area is 137 Å². The number of halogens is 2. The molecule has 2 aromatic carbocycles. The van der Waals surface area contributed by atoms with Crippen LogP contribution in [0.5, 0.6) is 0 Å². The van der Waals surface area contributed by atoms with Crippen LogP contribution in [-0.2, 0) is 0 Å². The quantitative estimate of drug-likeness (QED) is 0.591. The Bertz CT molecular complexity index is 756. The van der Waals surface area contributed by atoms with Crippen molar-refractivity contribution in [3.8, 4) is 10.6 Å². The van der Waals surface area contributed by atoms with Gasteiger partial charge in [-0.3, -0.25) is 0 Å². The lowest BCUT2D eigenvalue weighted by atomic mass is 10.1. The molecule has 0 fully saturated rings. The van der Waals surface area contributed by atoms with E-state index in [2.05, 4.69) is 10.2 Å². The molecule has 1 atom stereocenters. The summed E-state index contributed by atoms with van der Waals surface area (Å²) in [6.07, 6.45) is 0. The molecule has 0 aliphatic heterocycles. The van der Waals surface area contributed by atoms with Crippen LogP contribution in [0.25, 0.3) is 10.6 Å². The van der Waals surface area contributed by atoms with Crippen LogP contribution in [0.15, 0.2) is 48.5 Å². The number of rotatable bonds is 3. The van der Waals surface area contributed by atoms with Gasteiger partial charge in [-0.15, -0.1) is 21.8 Å². The highest BCUT2D eigenvalue weighted by Gasteiger charge is 2.17. The van der Waals surface area contributed by atoms with Gasteiger partial charge in [0.25, 0.3) is 0 Å². The largest absolute Gasteiger partial charge is 0.148 e. The second-order valence-electron chi connectivity index (χ2n) is 4.63. The van der Waals surface area contributed by atoms with Gasteiger partial charge < -0.3 is 0 Å². The first-order valence-corrected chi connectivity index (χ1v) is 8.08. The normalized spacial score (nSPS) is 12.3. The van der Waals surface area contributed by atoms with E-state index in [9.17, 15) is 0 Å². The summed E-state index contributed by atoms with van der Waals surface area (Å²) in [6.45, 7) is 1.98. The zero-order chi connectivity index (χ0) is 14.8. The highest BCUT2D eigenvalue weighted by atomic mass is 35.5. The van der Waals surface area contributed by atoms with Crippen molar-refractivity contribution < 1.29 is 0 Å². The third kappa shape index (κ3) is 2.95. The van der Waals surface area contributed by atoms with Gasteiger partial charge in [0, 0.05) is 10.6 Å². The first kappa shape index (κ1) is 14.5. The smallest absolute Gasteiger partial charge is 0.141 e. The highest BCUT2D eigenvalue weighted by molar-refractivity contribution is 7.15. The molecule has 21 heavy (non-hydrogen) atoms. The van der Waals surface area contributed by atoms with Crippen LogP contribution in [0.4, 0.5) is 0 Å². The molecule has 3 aromatic rings. The van der Waals surface area contributed by atoms with Gasteiger partial charge in [-0.25, -0.2) is 0 Å². The van der Waals surface area contributed by atoms with Gasteiger partial charge in [-0.05, 0) is 24.1 Å². The van der Waals surface area contributed by atoms with Gasteiger partial charge in [0.1, 0.15) is 15.4 Å². The average molecular weight is 335 g/mol. The molecular weight excluding hydrogens is 323 g/mol. The molecule has 1 aromatic heterocycles. The molecule has 0 spiro atoms. The molecule has 2 nitrogen and oxygen atoms in total. The van der Waals surface area contributed by atoms with Crippen LogP contribution in [0.2, 0.25) is 5.02 Å². The molecule has 1 unspecified atom stereocenters. The van der Waals surface area contributed by atoms with Gasteiger partial charge in [-0.1, -0.05) is 65.4 Å². The van der Waals surface area contributed by atoms with Crippen LogP contribution < -0.4 is 0 Å². The van der Waals surface area contributed by atoms with Gasteiger partial charge in [0.15, 0.2) is 0 Å². The molecule has 0 bridgehead atoms. The standard InChI is InChI=1S/C16H12Cl2N2S/c1-10-12(8-5-9-13(10)17)15-19-20-16(21-15)14(18)11-6-3-2-4-7-11/h2-9,14H,1H3. The predicted molar refractivity (Wildman–Crippen MR) is 89.2 cm³/mol. The van der Waals surface area contributed by atoms with Crippen LogP contribution >= 0.6 is 34.5 Å². The van der Waals surface area contributed by atoms with Crippen LogP contribution in [0.3, 0.4) is 0 Å². The molecule has 5 heteroatoms. The fourth-order valence-electron chi connectivity index (χ4n) is 2.05. The number of hydrogen-bond donors (Lipinski definition) is 0. The minimum absolute atomic E-state index is 0.281. The van der Waals surface area contributed by atoms with E-state index in [1.807, 2.05) is 55.5 Å². The Balaban J connectivity index is 1.95. The lowest BCUT2D eigenvalue weighted by Gasteiger charge is -2.05. The first-order chi connectivity index (χ1) is 10.2. The molecule has 0 saturated heterocycles. The first-order valence-electron chi connectivity index (χ1n) is 6.44. The fourth-order valence-corrected chi connectivity index (χ4v) is 3.48. The molecule has 3 rings (SSSR count). The zero-order valence-corrected chi connectivity index (χ0v) is 13.6. The second kappa shape index (κ2) is 6.14. The summed E-state index contributed by atoms with van der Waals surface area (Å²) in [5, 5.41) is 10.6. The third-order valence-corrected chi connectivity index (χ3v) is 5.27. The van der Waals surface area contributed by atoms with Gasteiger partial charge in [0.2, 0.25) is 0 Å². The summed E-state index contributed by atoms with van der Waals surface area (Å²) in [7, 11) is 0. The van der Waals surface area contributed by atoms with Crippen molar-refractivity contribution in [1.29, 1.82) is 0 Å². The summed E-state index contributed by atoms with van der Waals surface area (Å²) in [4.78, 5) is 0. The van der Waals surface area contributed by atoms with Gasteiger partial charge >= 0.3 is 0 Å². The van der Waals surface area contributed by atoms with Crippen molar-refractivity contribution in [2.75, 3.05) is 0 Å². The van der Waals surface area contributed by atoms with E-state index in [1.165, 1.54) is 11.3 Å². The topological polar surface area (TPSA) is 25.8 Å². The summed E-state index contributed by atoms with van der Waals surface area (Å²) in [5.41, 5.74) is 3.03. The molecule has 0 radical (unpaired) electrons. The van der Waals surface area contributed by atoms with Gasteiger partial charge in [-0.2, -0.15) is 0 Å². The molecule has 0 aliphatic carbocycles. The average Bonchev–Trinajstić information content (AvgIpc) is 3.00. The monoisotopic (exact) mass is 334 g/mol. The summed E-state index contributed by atoms with van der Waals surface area (Å²) in [5.74, 6) is 0. The van der Waals surface area contributed by atoms with Crippen LogP contribution in [0, 0.1) is 6.92 Å². The van der Waals surface area contributed by atoms with Crippen molar-refractivity contribution >= 4 is 34.5 Å². The molecular formula is C16H12Cl2N2S. The summed E-state index contributed by atoms with van der Waals surface area (Å²) < 4.78 is 0. The Hall–Kier alpha value is -1.42. The van der Waals surface area contributed by atoms with Crippen molar-refractivity contribution in [1.82, 2.24) is 10.2 Å². The lowest BCUT2D eigenvalue weighted by molar-refractivity contribution is 0.987. The molecule has 0 amide bonds. The Morgan fingerprint density at radius 1 is 1.00 bits per heavy atom. The molecule has 106 valence electrons. The van der Waals surface area contributed by atoms with Crippen LogP contribution in [0.1, 0.15) is 21.5 Å². The predicted octanol–water partition coefficient (Wildman–Crippen LogP) is 5.50. The second-order valence-corrected chi connectivity index (χ2v) is 6.48. The maximum atomic E-state index is 6.49. The molecule has 1 heterocycles. The van der Waals surface area contributed by atoms with Crippen molar-refractivity contribution in [2.45, 2.75) is 12.3 Å². The maximum absolute atomic E-state index is 6.49. The summed E-state index contributed by atoms with van der Waals surface area (Å²) >= 11 is 14.1. The fraction of sp³-hybridized carbons (Fsp3) is 0.125. The number of nitrogens with zero attached hydrogens (tertiary/aromatic N) is 2. The number of hydrogen-bond acceptors (Lipinski definition) is 3. The van der Waals surface area contributed by atoms with Crippen molar-refractivity contribution in [3.63, 3.8) is 0 Å². The third-order valence-electron chi connectivity index (χ3n) is 3.25. The Morgan fingerprint density at radius 3 is 2.52 bits per heavy atom. The van der Waals surface area contributed by atoms with Crippen molar-refractivity contribution in [3.05, 3.63) is 69.7 Å². The van der Waals surface area contributed by atoms with E-state index < -0.39 is 0 Å². The van der Waals surface area contributed by atoms with E-state index in [1.54, 1.807) is 0 Å². The minimum Gasteiger partial charge on any atom is -0.141 e. The number of benzene rings is 2. The van der Waals surface area contributed by atoms with E-state index in [4.69, 9.17) is 23.2 Å². The van der Waals surface area contributed by atoms with Crippen molar-refractivity contribution in [2.24, 2.45) is 0 Å².